The Hall–Kier alpha value is -1.95. The van der Waals surface area contributed by atoms with E-state index in [0.29, 0.717) is 31.5 Å². The summed E-state index contributed by atoms with van der Waals surface area (Å²) in [4.78, 5) is 4.25. The van der Waals surface area contributed by atoms with Gasteiger partial charge in [0.2, 0.25) is 0 Å². The van der Waals surface area contributed by atoms with Crippen LogP contribution in [0.15, 0.2) is 23.2 Å². The molecule has 0 bridgehead atoms. The maximum Gasteiger partial charge on any atom is 0.188 e. The lowest BCUT2D eigenvalue weighted by Crippen LogP contribution is -2.32. The summed E-state index contributed by atoms with van der Waals surface area (Å²) < 4.78 is 10.6. The van der Waals surface area contributed by atoms with Gasteiger partial charge in [0.15, 0.2) is 17.5 Å². The van der Waals surface area contributed by atoms with Crippen molar-refractivity contribution in [3.05, 3.63) is 23.8 Å². The van der Waals surface area contributed by atoms with Gasteiger partial charge < -0.3 is 25.6 Å². The van der Waals surface area contributed by atoms with Gasteiger partial charge in [0.1, 0.15) is 0 Å². The molecule has 0 amide bonds. The lowest BCUT2D eigenvalue weighted by Gasteiger charge is -2.08. The number of phenolic OH excluding ortho intramolecular Hbond substituents is 1. The topological polar surface area (TPSA) is 89.1 Å². The minimum atomic E-state index is 0.131. The van der Waals surface area contributed by atoms with Crippen molar-refractivity contribution in [1.82, 2.24) is 5.32 Å². The fraction of sp³-hybridized carbons (Fsp3) is 0.533. The Morgan fingerprint density at radius 2 is 2.14 bits per heavy atom. The second-order valence-corrected chi connectivity index (χ2v) is 4.41. The molecule has 0 fully saturated rings. The van der Waals surface area contributed by atoms with Crippen LogP contribution < -0.4 is 15.8 Å². The van der Waals surface area contributed by atoms with Gasteiger partial charge in [-0.15, -0.1) is 0 Å². The van der Waals surface area contributed by atoms with Gasteiger partial charge in [-0.3, -0.25) is 0 Å². The van der Waals surface area contributed by atoms with Gasteiger partial charge in [0, 0.05) is 19.8 Å². The number of nitrogens with zero attached hydrogens (tertiary/aromatic N) is 1. The summed E-state index contributed by atoms with van der Waals surface area (Å²) in [5.74, 6) is 0.998. The zero-order valence-corrected chi connectivity index (χ0v) is 12.8. The molecule has 0 saturated carbocycles. The minimum Gasteiger partial charge on any atom is -0.504 e. The number of nitrogens with two attached hydrogens (primary N) is 1. The zero-order valence-electron chi connectivity index (χ0n) is 12.8. The van der Waals surface area contributed by atoms with E-state index in [-0.39, 0.29) is 5.75 Å². The Kier molecular flexibility index (Phi) is 8.04. The average Bonchev–Trinajstić information content (AvgIpc) is 2.48. The molecule has 0 atom stereocenters. The fourth-order valence-corrected chi connectivity index (χ4v) is 1.70. The van der Waals surface area contributed by atoms with Gasteiger partial charge in [-0.2, -0.15) is 0 Å². The van der Waals surface area contributed by atoms with Crippen molar-refractivity contribution in [3.63, 3.8) is 0 Å². The first-order chi connectivity index (χ1) is 10.2. The number of nitrogens with one attached hydrogen (secondary N) is 1. The predicted octanol–water partition coefficient (Wildman–Crippen LogP) is 1.62. The van der Waals surface area contributed by atoms with Crippen molar-refractivity contribution >= 4 is 5.96 Å². The first-order valence-corrected chi connectivity index (χ1v) is 7.23. The van der Waals surface area contributed by atoms with Crippen LogP contribution >= 0.6 is 0 Å². The second-order valence-electron chi connectivity index (χ2n) is 4.41. The Bertz CT molecular complexity index is 450. The van der Waals surface area contributed by atoms with Gasteiger partial charge in [-0.25, -0.2) is 4.99 Å². The lowest BCUT2D eigenvalue weighted by atomic mass is 10.2. The quantitative estimate of drug-likeness (QED) is 0.366. The number of aromatic hydroxyl groups is 1. The van der Waals surface area contributed by atoms with Crippen LogP contribution in [-0.2, 0) is 11.3 Å². The van der Waals surface area contributed by atoms with E-state index in [9.17, 15) is 5.11 Å². The normalized spacial score (nSPS) is 11.4. The molecule has 0 spiro atoms. The highest BCUT2D eigenvalue weighted by molar-refractivity contribution is 5.77. The first kappa shape index (κ1) is 17.1. The number of rotatable bonds is 9. The number of phenols is 1. The molecule has 0 aliphatic rings. The third-order valence-corrected chi connectivity index (χ3v) is 2.73. The fourth-order valence-electron chi connectivity index (χ4n) is 1.70. The molecule has 0 saturated heterocycles. The maximum atomic E-state index is 9.62. The summed E-state index contributed by atoms with van der Waals surface area (Å²) in [6.45, 7) is 6.95. The van der Waals surface area contributed by atoms with E-state index in [4.69, 9.17) is 15.2 Å². The molecule has 0 aromatic heterocycles. The van der Waals surface area contributed by atoms with Crippen molar-refractivity contribution < 1.29 is 14.6 Å². The van der Waals surface area contributed by atoms with Gasteiger partial charge in [-0.1, -0.05) is 6.07 Å². The number of hydrogen-bond acceptors (Lipinski definition) is 4. The third kappa shape index (κ3) is 6.85. The highest BCUT2D eigenvalue weighted by Gasteiger charge is 2.03. The molecule has 0 aliphatic heterocycles. The van der Waals surface area contributed by atoms with Gasteiger partial charge >= 0.3 is 0 Å². The van der Waals surface area contributed by atoms with Crippen LogP contribution in [0.2, 0.25) is 0 Å². The molecule has 21 heavy (non-hydrogen) atoms. The molecule has 1 aromatic rings. The first-order valence-electron chi connectivity index (χ1n) is 7.23. The Labute approximate surface area is 126 Å². The van der Waals surface area contributed by atoms with Crippen molar-refractivity contribution in [3.8, 4) is 11.5 Å². The van der Waals surface area contributed by atoms with Crippen LogP contribution in [0.1, 0.15) is 25.8 Å². The molecule has 1 aromatic carbocycles. The zero-order chi connectivity index (χ0) is 15.5. The highest BCUT2D eigenvalue weighted by atomic mass is 16.5. The molecule has 0 aliphatic carbocycles. The molecule has 0 heterocycles. The summed E-state index contributed by atoms with van der Waals surface area (Å²) in [7, 11) is 0. The van der Waals surface area contributed by atoms with E-state index in [1.807, 2.05) is 13.8 Å². The smallest absolute Gasteiger partial charge is 0.188 e. The largest absolute Gasteiger partial charge is 0.504 e. The second kappa shape index (κ2) is 9.88. The highest BCUT2D eigenvalue weighted by Crippen LogP contribution is 2.26. The van der Waals surface area contributed by atoms with Crippen molar-refractivity contribution in [2.24, 2.45) is 10.7 Å². The maximum absolute atomic E-state index is 9.62. The monoisotopic (exact) mass is 295 g/mol. The standard InChI is InChI=1S/C15H25N3O3/c1-3-20-9-5-8-17-15(16)18-11-12-6-7-13(19)14(10-12)21-4-2/h6-7,10,19H,3-5,8-9,11H2,1-2H3,(H3,16,17,18). The van der Waals surface area contributed by atoms with E-state index in [0.717, 1.165) is 25.1 Å². The number of aliphatic imine (C=N–C) groups is 1. The van der Waals surface area contributed by atoms with Crippen LogP contribution in [-0.4, -0.2) is 37.4 Å². The molecule has 6 heteroatoms. The summed E-state index contributed by atoms with van der Waals surface area (Å²) in [5, 5.41) is 12.7. The Morgan fingerprint density at radius 3 is 2.86 bits per heavy atom. The number of benzene rings is 1. The number of hydrogen-bond donors (Lipinski definition) is 3. The lowest BCUT2D eigenvalue weighted by molar-refractivity contribution is 0.145. The molecule has 6 nitrogen and oxygen atoms in total. The van der Waals surface area contributed by atoms with Crippen LogP contribution in [0.4, 0.5) is 0 Å². The SMILES string of the molecule is CCOCCCNC(N)=NCc1ccc(O)c(OCC)c1. The van der Waals surface area contributed by atoms with Gasteiger partial charge in [-0.05, 0) is 38.0 Å². The van der Waals surface area contributed by atoms with Gasteiger partial charge in [0.25, 0.3) is 0 Å². The van der Waals surface area contributed by atoms with Crippen molar-refractivity contribution in [1.29, 1.82) is 0 Å². The number of guanidine groups is 1. The van der Waals surface area contributed by atoms with E-state index in [1.165, 1.54) is 0 Å². The van der Waals surface area contributed by atoms with E-state index in [1.54, 1.807) is 18.2 Å². The van der Waals surface area contributed by atoms with Crippen molar-refractivity contribution in [2.45, 2.75) is 26.8 Å². The molecule has 0 radical (unpaired) electrons. The van der Waals surface area contributed by atoms with Crippen LogP contribution in [0.5, 0.6) is 11.5 Å². The molecular weight excluding hydrogens is 270 g/mol. The van der Waals surface area contributed by atoms with Gasteiger partial charge in [0.05, 0.1) is 13.2 Å². The van der Waals surface area contributed by atoms with Crippen LogP contribution in [0.25, 0.3) is 0 Å². The van der Waals surface area contributed by atoms with Crippen LogP contribution in [0, 0.1) is 0 Å². The molecular formula is C15H25N3O3. The van der Waals surface area contributed by atoms with Crippen LogP contribution in [0.3, 0.4) is 0 Å². The molecule has 0 unspecified atom stereocenters. The summed E-state index contributed by atoms with van der Waals surface area (Å²) in [6.07, 6.45) is 0.887. The van der Waals surface area contributed by atoms with E-state index < -0.39 is 0 Å². The van der Waals surface area contributed by atoms with Crippen molar-refractivity contribution in [2.75, 3.05) is 26.4 Å². The van der Waals surface area contributed by atoms with E-state index in [2.05, 4.69) is 10.3 Å². The third-order valence-electron chi connectivity index (χ3n) is 2.73. The molecule has 118 valence electrons. The predicted molar refractivity (Wildman–Crippen MR) is 83.7 cm³/mol. The summed E-state index contributed by atoms with van der Waals surface area (Å²) in [6, 6.07) is 5.16. The Morgan fingerprint density at radius 1 is 1.33 bits per heavy atom. The van der Waals surface area contributed by atoms with E-state index >= 15 is 0 Å². The summed E-state index contributed by atoms with van der Waals surface area (Å²) in [5.41, 5.74) is 6.71. The average molecular weight is 295 g/mol. The summed E-state index contributed by atoms with van der Waals surface area (Å²) >= 11 is 0. The molecule has 4 N–H and O–H groups in total. The number of ether oxygens (including phenoxy) is 2. The molecule has 1 rings (SSSR count). The minimum absolute atomic E-state index is 0.131. The Balaban J connectivity index is 2.42.